The average Bonchev–Trinajstić information content (AvgIpc) is 2.77. The van der Waals surface area contributed by atoms with Crippen molar-refractivity contribution in [1.29, 1.82) is 0 Å². The lowest BCUT2D eigenvalue weighted by Crippen LogP contribution is -2.47. The highest BCUT2D eigenvalue weighted by Gasteiger charge is 2.42. The molecule has 0 heterocycles. The van der Waals surface area contributed by atoms with Crippen LogP contribution < -0.4 is 11.1 Å². The molecule has 1 aromatic rings. The fourth-order valence-corrected chi connectivity index (χ4v) is 2.62. The second-order valence-electron chi connectivity index (χ2n) is 5.60. The molecule has 2 atom stereocenters. The van der Waals surface area contributed by atoms with Gasteiger partial charge in [-0.25, -0.2) is 4.79 Å². The number of rotatable bonds is 4. The van der Waals surface area contributed by atoms with E-state index in [1.807, 2.05) is 6.92 Å². The van der Waals surface area contributed by atoms with Gasteiger partial charge in [0.15, 0.2) is 0 Å². The summed E-state index contributed by atoms with van der Waals surface area (Å²) in [6.07, 6.45) is 2.69. The highest BCUT2D eigenvalue weighted by Crippen LogP contribution is 2.36. The Morgan fingerprint density at radius 3 is 2.55 bits per heavy atom. The van der Waals surface area contributed by atoms with E-state index in [0.717, 1.165) is 24.8 Å². The first kappa shape index (κ1) is 14.5. The summed E-state index contributed by atoms with van der Waals surface area (Å²) in [5.74, 6) is -0.977. The number of carboxylic acids is 1. The van der Waals surface area contributed by atoms with Crippen LogP contribution in [0.2, 0.25) is 0 Å². The number of nitrogens with two attached hydrogens (primary N) is 1. The molecule has 1 aliphatic rings. The van der Waals surface area contributed by atoms with Gasteiger partial charge in [-0.3, -0.25) is 4.79 Å². The molecule has 1 amide bonds. The quantitative estimate of drug-likeness (QED) is 0.777. The lowest BCUT2D eigenvalue weighted by atomic mass is 9.84. The molecule has 0 bridgehead atoms. The molecule has 4 N–H and O–H groups in total. The molecule has 0 aromatic heterocycles. The molecule has 20 heavy (non-hydrogen) atoms. The van der Waals surface area contributed by atoms with Crippen LogP contribution in [0.15, 0.2) is 24.3 Å². The Morgan fingerprint density at radius 1 is 1.40 bits per heavy atom. The normalized spacial score (nSPS) is 25.4. The van der Waals surface area contributed by atoms with Gasteiger partial charge in [-0.05, 0) is 37.5 Å². The van der Waals surface area contributed by atoms with Crippen LogP contribution in [0.25, 0.3) is 0 Å². The van der Waals surface area contributed by atoms with Gasteiger partial charge in [0, 0.05) is 12.6 Å². The Hall–Kier alpha value is -1.88. The van der Waals surface area contributed by atoms with E-state index in [-0.39, 0.29) is 17.5 Å². The molecule has 1 aliphatic carbocycles. The van der Waals surface area contributed by atoms with E-state index in [1.165, 1.54) is 12.1 Å². The van der Waals surface area contributed by atoms with Crippen molar-refractivity contribution in [1.82, 2.24) is 5.32 Å². The van der Waals surface area contributed by atoms with Crippen LogP contribution in [0.5, 0.6) is 0 Å². The molecule has 108 valence electrons. The standard InChI is InChI=1S/C15H20N2O3/c1-15(8-2-3-12(15)16)14(20)17-9-10-4-6-11(7-5-10)13(18)19/h4-7,12H,2-3,8-9,16H2,1H3,(H,17,20)(H,18,19). The molecular formula is C15H20N2O3. The van der Waals surface area contributed by atoms with Gasteiger partial charge in [0.2, 0.25) is 5.91 Å². The van der Waals surface area contributed by atoms with Crippen molar-refractivity contribution in [3.05, 3.63) is 35.4 Å². The molecule has 0 saturated heterocycles. The van der Waals surface area contributed by atoms with Crippen LogP contribution in [0.1, 0.15) is 42.1 Å². The SMILES string of the molecule is CC1(C(=O)NCc2ccc(C(=O)O)cc2)CCCC1N. The van der Waals surface area contributed by atoms with Gasteiger partial charge >= 0.3 is 5.97 Å². The zero-order valence-corrected chi connectivity index (χ0v) is 11.6. The van der Waals surface area contributed by atoms with Crippen LogP contribution >= 0.6 is 0 Å². The minimum absolute atomic E-state index is 0.0233. The van der Waals surface area contributed by atoms with Crippen LogP contribution in [0.4, 0.5) is 0 Å². The number of nitrogens with one attached hydrogen (secondary N) is 1. The first-order chi connectivity index (χ1) is 9.43. The van der Waals surface area contributed by atoms with Gasteiger partial charge < -0.3 is 16.2 Å². The van der Waals surface area contributed by atoms with E-state index in [0.29, 0.717) is 6.54 Å². The van der Waals surface area contributed by atoms with Gasteiger partial charge in [-0.2, -0.15) is 0 Å². The van der Waals surface area contributed by atoms with Gasteiger partial charge in [0.05, 0.1) is 11.0 Å². The monoisotopic (exact) mass is 276 g/mol. The largest absolute Gasteiger partial charge is 0.478 e. The number of carboxylic acid groups (broad SMARTS) is 1. The number of hydrogen-bond donors (Lipinski definition) is 3. The third kappa shape index (κ3) is 2.82. The zero-order chi connectivity index (χ0) is 14.8. The Bertz CT molecular complexity index is 512. The predicted molar refractivity (Wildman–Crippen MR) is 75.2 cm³/mol. The molecule has 5 heteroatoms. The minimum atomic E-state index is -0.954. The maximum Gasteiger partial charge on any atom is 0.335 e. The third-order valence-corrected chi connectivity index (χ3v) is 4.20. The summed E-state index contributed by atoms with van der Waals surface area (Å²) in [7, 11) is 0. The fraction of sp³-hybridized carbons (Fsp3) is 0.467. The molecule has 0 spiro atoms. The van der Waals surface area contributed by atoms with E-state index in [1.54, 1.807) is 12.1 Å². The smallest absolute Gasteiger partial charge is 0.335 e. The topological polar surface area (TPSA) is 92.4 Å². The minimum Gasteiger partial charge on any atom is -0.478 e. The predicted octanol–water partition coefficient (Wildman–Crippen LogP) is 1.52. The van der Waals surface area contributed by atoms with Crippen molar-refractivity contribution < 1.29 is 14.7 Å². The van der Waals surface area contributed by atoms with Crippen LogP contribution in [0.3, 0.4) is 0 Å². The summed E-state index contributed by atoms with van der Waals surface area (Å²) in [4.78, 5) is 23.0. The first-order valence-corrected chi connectivity index (χ1v) is 6.79. The van der Waals surface area contributed by atoms with Gasteiger partial charge in [0.25, 0.3) is 0 Å². The summed E-state index contributed by atoms with van der Waals surface area (Å²) >= 11 is 0. The van der Waals surface area contributed by atoms with Gasteiger partial charge in [0.1, 0.15) is 0 Å². The van der Waals surface area contributed by atoms with Crippen molar-refractivity contribution in [2.45, 2.75) is 38.8 Å². The zero-order valence-electron chi connectivity index (χ0n) is 11.6. The van der Waals surface area contributed by atoms with E-state index in [9.17, 15) is 9.59 Å². The second-order valence-corrected chi connectivity index (χ2v) is 5.60. The summed E-state index contributed by atoms with van der Waals surface area (Å²) in [5.41, 5.74) is 6.64. The molecule has 1 saturated carbocycles. The molecule has 0 radical (unpaired) electrons. The summed E-state index contributed by atoms with van der Waals surface area (Å²) in [6, 6.07) is 6.40. The lowest BCUT2D eigenvalue weighted by Gasteiger charge is -2.27. The molecule has 5 nitrogen and oxygen atoms in total. The first-order valence-electron chi connectivity index (χ1n) is 6.79. The van der Waals surface area contributed by atoms with Crippen molar-refractivity contribution in [2.75, 3.05) is 0 Å². The lowest BCUT2D eigenvalue weighted by molar-refractivity contribution is -0.130. The van der Waals surface area contributed by atoms with Crippen LogP contribution in [-0.4, -0.2) is 23.0 Å². The number of benzene rings is 1. The highest BCUT2D eigenvalue weighted by molar-refractivity contribution is 5.87. The third-order valence-electron chi connectivity index (χ3n) is 4.20. The van der Waals surface area contributed by atoms with Crippen molar-refractivity contribution in [3.8, 4) is 0 Å². The number of hydrogen-bond acceptors (Lipinski definition) is 3. The van der Waals surface area contributed by atoms with Crippen molar-refractivity contribution in [2.24, 2.45) is 11.1 Å². The summed E-state index contributed by atoms with van der Waals surface area (Å²) in [6.45, 7) is 2.30. The number of carbonyl (C=O) groups is 2. The van der Waals surface area contributed by atoms with Crippen molar-refractivity contribution >= 4 is 11.9 Å². The van der Waals surface area contributed by atoms with E-state index >= 15 is 0 Å². The molecule has 2 rings (SSSR count). The molecule has 0 aliphatic heterocycles. The maximum absolute atomic E-state index is 12.2. The summed E-state index contributed by atoms with van der Waals surface area (Å²) in [5, 5.41) is 11.7. The van der Waals surface area contributed by atoms with Gasteiger partial charge in [-0.1, -0.05) is 18.6 Å². The molecular weight excluding hydrogens is 256 g/mol. The van der Waals surface area contributed by atoms with Crippen LogP contribution in [-0.2, 0) is 11.3 Å². The summed E-state index contributed by atoms with van der Waals surface area (Å²) < 4.78 is 0. The number of amides is 1. The Labute approximate surface area is 118 Å². The number of carbonyl (C=O) groups excluding carboxylic acids is 1. The van der Waals surface area contributed by atoms with E-state index < -0.39 is 11.4 Å². The number of aromatic carboxylic acids is 1. The van der Waals surface area contributed by atoms with Crippen molar-refractivity contribution in [3.63, 3.8) is 0 Å². The Balaban J connectivity index is 1.95. The molecule has 1 aromatic carbocycles. The van der Waals surface area contributed by atoms with E-state index in [4.69, 9.17) is 10.8 Å². The van der Waals surface area contributed by atoms with E-state index in [2.05, 4.69) is 5.32 Å². The Morgan fingerprint density at radius 2 is 2.05 bits per heavy atom. The average molecular weight is 276 g/mol. The van der Waals surface area contributed by atoms with Crippen LogP contribution in [0, 0.1) is 5.41 Å². The second kappa shape index (κ2) is 5.63. The Kier molecular flexibility index (Phi) is 4.09. The fourth-order valence-electron chi connectivity index (χ4n) is 2.62. The van der Waals surface area contributed by atoms with Gasteiger partial charge in [-0.15, -0.1) is 0 Å². The molecule has 2 unspecified atom stereocenters. The highest BCUT2D eigenvalue weighted by atomic mass is 16.4. The molecule has 1 fully saturated rings. The maximum atomic E-state index is 12.2.